The SMILES string of the molecule is CC(C)NC(=O)[C@@H](Cc1ccccc1)N(Cc1ccccc1F)C(=O)CSCc1c(F)cccc1Cl. The summed E-state index contributed by atoms with van der Waals surface area (Å²) < 4.78 is 28.8. The first kappa shape index (κ1) is 27.7. The van der Waals surface area contributed by atoms with E-state index >= 15 is 0 Å². The van der Waals surface area contributed by atoms with Crippen molar-refractivity contribution in [2.45, 2.75) is 44.6 Å². The van der Waals surface area contributed by atoms with Gasteiger partial charge in [0.1, 0.15) is 17.7 Å². The first-order valence-electron chi connectivity index (χ1n) is 11.6. The van der Waals surface area contributed by atoms with Gasteiger partial charge in [0.2, 0.25) is 11.8 Å². The number of rotatable bonds is 11. The van der Waals surface area contributed by atoms with E-state index in [0.717, 1.165) is 5.56 Å². The number of halogens is 3. The van der Waals surface area contributed by atoms with E-state index in [2.05, 4.69) is 5.32 Å². The number of amides is 2. The fraction of sp³-hybridized carbons (Fsp3) is 0.286. The van der Waals surface area contributed by atoms with Crippen LogP contribution in [0.3, 0.4) is 0 Å². The lowest BCUT2D eigenvalue weighted by atomic mass is 10.0. The third kappa shape index (κ3) is 7.80. The molecule has 0 saturated carbocycles. The molecule has 0 aliphatic rings. The Bertz CT molecular complexity index is 1160. The van der Waals surface area contributed by atoms with Crippen molar-refractivity contribution in [2.75, 3.05) is 5.75 Å². The van der Waals surface area contributed by atoms with Crippen LogP contribution in [0.4, 0.5) is 8.78 Å². The fourth-order valence-corrected chi connectivity index (χ4v) is 4.99. The molecule has 0 aliphatic carbocycles. The van der Waals surface area contributed by atoms with Crippen LogP contribution < -0.4 is 5.32 Å². The van der Waals surface area contributed by atoms with E-state index in [0.29, 0.717) is 11.1 Å². The molecule has 3 aromatic carbocycles. The molecular formula is C28H29ClF2N2O2S. The molecule has 0 fully saturated rings. The Balaban J connectivity index is 1.88. The van der Waals surface area contributed by atoms with Crippen LogP contribution >= 0.6 is 23.4 Å². The van der Waals surface area contributed by atoms with Gasteiger partial charge in [-0.25, -0.2) is 8.78 Å². The molecule has 0 unspecified atom stereocenters. The van der Waals surface area contributed by atoms with E-state index in [-0.39, 0.29) is 47.4 Å². The Labute approximate surface area is 220 Å². The molecule has 0 heterocycles. The maximum absolute atomic E-state index is 14.6. The minimum Gasteiger partial charge on any atom is -0.352 e. The van der Waals surface area contributed by atoms with Crippen molar-refractivity contribution in [2.24, 2.45) is 0 Å². The molecule has 3 rings (SSSR count). The minimum absolute atomic E-state index is 0.0284. The third-order valence-electron chi connectivity index (χ3n) is 5.53. The van der Waals surface area contributed by atoms with Gasteiger partial charge in [-0.05, 0) is 37.6 Å². The van der Waals surface area contributed by atoms with E-state index in [1.165, 1.54) is 34.9 Å². The summed E-state index contributed by atoms with van der Waals surface area (Å²) in [6.07, 6.45) is 0.267. The largest absolute Gasteiger partial charge is 0.352 e. The summed E-state index contributed by atoms with van der Waals surface area (Å²) >= 11 is 7.31. The standard InChI is InChI=1S/C28H29ClF2N2O2S/c1-19(2)32-28(35)26(15-20-9-4-3-5-10-20)33(16-21-11-6-7-13-24(21)30)27(34)18-36-17-22-23(29)12-8-14-25(22)31/h3-14,19,26H,15-18H2,1-2H3,(H,32,35)/t26-/m1/s1. The van der Waals surface area contributed by atoms with Gasteiger partial charge in [0, 0.05) is 40.9 Å². The second-order valence-electron chi connectivity index (χ2n) is 8.67. The summed E-state index contributed by atoms with van der Waals surface area (Å²) in [4.78, 5) is 28.2. The first-order valence-corrected chi connectivity index (χ1v) is 13.2. The number of benzene rings is 3. The topological polar surface area (TPSA) is 49.4 Å². The predicted molar refractivity (Wildman–Crippen MR) is 142 cm³/mol. The molecule has 0 aliphatic heterocycles. The van der Waals surface area contributed by atoms with Crippen molar-refractivity contribution < 1.29 is 18.4 Å². The second kappa shape index (κ2) is 13.4. The van der Waals surface area contributed by atoms with Crippen molar-refractivity contribution in [3.05, 3.63) is 106 Å². The number of hydrogen-bond donors (Lipinski definition) is 1. The Morgan fingerprint density at radius 2 is 1.61 bits per heavy atom. The fourth-order valence-electron chi connectivity index (χ4n) is 3.74. The zero-order chi connectivity index (χ0) is 26.1. The van der Waals surface area contributed by atoms with Crippen LogP contribution in [0.1, 0.15) is 30.5 Å². The van der Waals surface area contributed by atoms with Gasteiger partial charge in [0.15, 0.2) is 0 Å². The van der Waals surface area contributed by atoms with Crippen LogP contribution in [0.5, 0.6) is 0 Å². The molecule has 190 valence electrons. The Morgan fingerprint density at radius 3 is 2.28 bits per heavy atom. The van der Waals surface area contributed by atoms with Gasteiger partial charge in [-0.3, -0.25) is 9.59 Å². The molecule has 1 atom stereocenters. The van der Waals surface area contributed by atoms with Gasteiger partial charge in [-0.2, -0.15) is 0 Å². The van der Waals surface area contributed by atoms with Gasteiger partial charge in [0.05, 0.1) is 5.75 Å². The Morgan fingerprint density at radius 1 is 0.944 bits per heavy atom. The van der Waals surface area contributed by atoms with Gasteiger partial charge in [-0.15, -0.1) is 11.8 Å². The van der Waals surface area contributed by atoms with Crippen molar-refractivity contribution in [3.8, 4) is 0 Å². The lowest BCUT2D eigenvalue weighted by Crippen LogP contribution is -2.52. The minimum atomic E-state index is -0.862. The number of carbonyl (C=O) groups excluding carboxylic acids is 2. The predicted octanol–water partition coefficient (Wildman–Crippen LogP) is 6.02. The summed E-state index contributed by atoms with van der Waals surface area (Å²) in [7, 11) is 0. The van der Waals surface area contributed by atoms with Gasteiger partial charge in [0.25, 0.3) is 0 Å². The number of nitrogens with one attached hydrogen (secondary N) is 1. The van der Waals surface area contributed by atoms with E-state index < -0.39 is 17.7 Å². The highest BCUT2D eigenvalue weighted by Gasteiger charge is 2.31. The molecule has 3 aromatic rings. The lowest BCUT2D eigenvalue weighted by Gasteiger charge is -2.32. The zero-order valence-corrected chi connectivity index (χ0v) is 21.8. The van der Waals surface area contributed by atoms with Crippen molar-refractivity contribution in [1.29, 1.82) is 0 Å². The van der Waals surface area contributed by atoms with Crippen molar-refractivity contribution in [1.82, 2.24) is 10.2 Å². The van der Waals surface area contributed by atoms with Gasteiger partial charge in [-0.1, -0.05) is 66.2 Å². The van der Waals surface area contributed by atoms with E-state index in [4.69, 9.17) is 11.6 Å². The summed E-state index contributed by atoms with van der Waals surface area (Å²) in [5, 5.41) is 3.18. The smallest absolute Gasteiger partial charge is 0.243 e. The van der Waals surface area contributed by atoms with Crippen LogP contribution in [-0.4, -0.2) is 34.6 Å². The lowest BCUT2D eigenvalue weighted by molar-refractivity contribution is -0.139. The molecule has 0 radical (unpaired) electrons. The number of carbonyl (C=O) groups is 2. The molecule has 1 N–H and O–H groups in total. The normalized spacial score (nSPS) is 11.8. The second-order valence-corrected chi connectivity index (χ2v) is 10.1. The van der Waals surface area contributed by atoms with E-state index in [1.807, 2.05) is 44.2 Å². The number of nitrogens with zero attached hydrogens (tertiary/aromatic N) is 1. The zero-order valence-electron chi connectivity index (χ0n) is 20.2. The van der Waals surface area contributed by atoms with Crippen LogP contribution in [0.15, 0.2) is 72.8 Å². The molecule has 0 saturated heterocycles. The third-order valence-corrected chi connectivity index (χ3v) is 6.83. The van der Waals surface area contributed by atoms with Crippen LogP contribution in [0.2, 0.25) is 5.02 Å². The molecule has 36 heavy (non-hydrogen) atoms. The summed E-state index contributed by atoms with van der Waals surface area (Å²) in [5.41, 5.74) is 1.50. The molecule has 0 bridgehead atoms. The Kier molecular flexibility index (Phi) is 10.3. The molecule has 0 aromatic heterocycles. The molecule has 4 nitrogen and oxygen atoms in total. The van der Waals surface area contributed by atoms with Crippen LogP contribution in [0.25, 0.3) is 0 Å². The van der Waals surface area contributed by atoms with Crippen molar-refractivity contribution in [3.63, 3.8) is 0 Å². The average molecular weight is 531 g/mol. The molecule has 0 spiro atoms. The van der Waals surface area contributed by atoms with Crippen LogP contribution in [-0.2, 0) is 28.3 Å². The first-order chi connectivity index (χ1) is 17.3. The maximum atomic E-state index is 14.6. The highest BCUT2D eigenvalue weighted by Crippen LogP contribution is 2.25. The molecular weight excluding hydrogens is 502 g/mol. The quantitative estimate of drug-likeness (QED) is 0.330. The maximum Gasteiger partial charge on any atom is 0.243 e. The summed E-state index contributed by atoms with van der Waals surface area (Å²) in [6, 6.07) is 19.0. The molecule has 8 heteroatoms. The molecule has 2 amide bonds. The average Bonchev–Trinajstić information content (AvgIpc) is 2.84. The highest BCUT2D eigenvalue weighted by molar-refractivity contribution is 7.99. The van der Waals surface area contributed by atoms with Crippen molar-refractivity contribution >= 4 is 35.2 Å². The number of thioether (sulfide) groups is 1. The monoisotopic (exact) mass is 530 g/mol. The Hall–Kier alpha value is -2.90. The van der Waals surface area contributed by atoms with E-state index in [9.17, 15) is 18.4 Å². The van der Waals surface area contributed by atoms with Gasteiger partial charge < -0.3 is 10.2 Å². The van der Waals surface area contributed by atoms with Gasteiger partial charge >= 0.3 is 0 Å². The summed E-state index contributed by atoms with van der Waals surface area (Å²) in [5.74, 6) is -1.41. The van der Waals surface area contributed by atoms with E-state index in [1.54, 1.807) is 24.3 Å². The highest BCUT2D eigenvalue weighted by atomic mass is 35.5. The number of hydrogen-bond acceptors (Lipinski definition) is 3. The van der Waals surface area contributed by atoms with Crippen LogP contribution in [0, 0.1) is 11.6 Å². The summed E-state index contributed by atoms with van der Waals surface area (Å²) in [6.45, 7) is 3.61.